The lowest BCUT2D eigenvalue weighted by Crippen LogP contribution is -2.50. The van der Waals surface area contributed by atoms with Crippen molar-refractivity contribution in [3.63, 3.8) is 0 Å². The minimum Gasteiger partial charge on any atom is -0.384 e. The van der Waals surface area contributed by atoms with E-state index in [1.165, 1.54) is 6.33 Å². The molecule has 1 amide bonds. The van der Waals surface area contributed by atoms with E-state index in [0.717, 1.165) is 44.6 Å². The Morgan fingerprint density at radius 2 is 2.30 bits per heavy atom. The second kappa shape index (κ2) is 7.35. The molecule has 1 fully saturated rings. The van der Waals surface area contributed by atoms with Crippen molar-refractivity contribution >= 4 is 5.91 Å². The monoisotopic (exact) mass is 281 g/mol. The van der Waals surface area contributed by atoms with Crippen LogP contribution >= 0.6 is 0 Å². The van der Waals surface area contributed by atoms with Crippen molar-refractivity contribution in [2.45, 2.75) is 25.7 Å². The highest BCUT2D eigenvalue weighted by molar-refractivity contribution is 5.82. The zero-order valence-corrected chi connectivity index (χ0v) is 11.9. The minimum absolute atomic E-state index is 0.110. The van der Waals surface area contributed by atoms with Gasteiger partial charge in [0.2, 0.25) is 5.91 Å². The van der Waals surface area contributed by atoms with Gasteiger partial charge in [-0.05, 0) is 32.4 Å². The lowest BCUT2D eigenvalue weighted by atomic mass is 9.78. The fraction of sp³-hybridized carbons (Fsp3) is 0.769. The van der Waals surface area contributed by atoms with Crippen molar-refractivity contribution in [1.82, 2.24) is 25.8 Å². The van der Waals surface area contributed by atoms with Crippen molar-refractivity contribution in [2.24, 2.45) is 5.41 Å². The number of hydrogen-bond acceptors (Lipinski definition) is 5. The Hall–Kier alpha value is -1.47. The van der Waals surface area contributed by atoms with Crippen molar-refractivity contribution < 1.29 is 9.53 Å². The Bertz CT molecular complexity index is 395. The molecule has 1 aromatic rings. The van der Waals surface area contributed by atoms with E-state index in [1.54, 1.807) is 7.11 Å². The summed E-state index contributed by atoms with van der Waals surface area (Å²) in [5, 5.41) is 12.9. The summed E-state index contributed by atoms with van der Waals surface area (Å²) in [6.45, 7) is 2.88. The maximum absolute atomic E-state index is 12.4. The van der Waals surface area contributed by atoms with Crippen LogP contribution in [0.15, 0.2) is 6.33 Å². The minimum atomic E-state index is -0.369. The molecule has 1 aliphatic heterocycles. The Morgan fingerprint density at radius 1 is 1.50 bits per heavy atom. The largest absolute Gasteiger partial charge is 0.384 e. The number of aryl methyl sites for hydroxylation is 1. The number of rotatable bonds is 7. The van der Waals surface area contributed by atoms with Crippen LogP contribution in [0.25, 0.3) is 0 Å². The number of H-pyrrole nitrogens is 1. The van der Waals surface area contributed by atoms with E-state index >= 15 is 0 Å². The summed E-state index contributed by atoms with van der Waals surface area (Å²) < 4.78 is 5.26. The van der Waals surface area contributed by atoms with Gasteiger partial charge in [0.1, 0.15) is 12.2 Å². The molecule has 7 heteroatoms. The summed E-state index contributed by atoms with van der Waals surface area (Å²) in [5.74, 6) is 0.964. The average Bonchev–Trinajstić information content (AvgIpc) is 2.98. The molecular weight excluding hydrogens is 258 g/mol. The average molecular weight is 281 g/mol. The third-order valence-electron chi connectivity index (χ3n) is 3.80. The van der Waals surface area contributed by atoms with Crippen LogP contribution in [0.1, 0.15) is 25.1 Å². The molecule has 0 bridgehead atoms. The van der Waals surface area contributed by atoms with Gasteiger partial charge >= 0.3 is 0 Å². The Balaban J connectivity index is 1.76. The van der Waals surface area contributed by atoms with Crippen LogP contribution in [0.2, 0.25) is 0 Å². The van der Waals surface area contributed by atoms with Gasteiger partial charge in [-0.1, -0.05) is 0 Å². The Labute approximate surface area is 118 Å². The molecule has 0 unspecified atom stereocenters. The molecule has 1 saturated heterocycles. The molecule has 0 aromatic carbocycles. The number of piperidine rings is 1. The van der Waals surface area contributed by atoms with E-state index in [0.29, 0.717) is 13.2 Å². The molecule has 20 heavy (non-hydrogen) atoms. The highest BCUT2D eigenvalue weighted by Crippen LogP contribution is 2.29. The van der Waals surface area contributed by atoms with Crippen molar-refractivity contribution in [2.75, 3.05) is 33.4 Å². The van der Waals surface area contributed by atoms with Crippen LogP contribution in [-0.2, 0) is 16.0 Å². The molecule has 0 spiro atoms. The Kier molecular flexibility index (Phi) is 5.49. The molecule has 0 aliphatic carbocycles. The third-order valence-corrected chi connectivity index (χ3v) is 3.80. The molecule has 112 valence electrons. The van der Waals surface area contributed by atoms with Gasteiger partial charge in [-0.25, -0.2) is 4.98 Å². The standard InChI is InChI=1S/C13H23N5O2/c1-20-9-13(4-7-14-8-5-13)12(19)15-6-2-3-11-16-10-17-18-11/h10,14H,2-9H2,1H3,(H,15,19)(H,16,17,18). The number of hydrogen-bond donors (Lipinski definition) is 3. The predicted octanol–water partition coefficient (Wildman–Crippen LogP) is -0.130. The van der Waals surface area contributed by atoms with Gasteiger partial charge in [0.25, 0.3) is 0 Å². The van der Waals surface area contributed by atoms with Gasteiger partial charge in [0, 0.05) is 20.1 Å². The summed E-state index contributed by atoms with van der Waals surface area (Å²) in [7, 11) is 1.65. The number of methoxy groups -OCH3 is 1. The summed E-state index contributed by atoms with van der Waals surface area (Å²) in [6, 6.07) is 0. The zero-order chi connectivity index (χ0) is 14.3. The van der Waals surface area contributed by atoms with E-state index in [4.69, 9.17) is 4.74 Å². The topological polar surface area (TPSA) is 91.9 Å². The lowest BCUT2D eigenvalue weighted by molar-refractivity contribution is -0.136. The van der Waals surface area contributed by atoms with Crippen LogP contribution in [-0.4, -0.2) is 54.4 Å². The normalized spacial score (nSPS) is 17.9. The molecular formula is C13H23N5O2. The number of amides is 1. The van der Waals surface area contributed by atoms with E-state index in [1.807, 2.05) is 0 Å². The number of aromatic amines is 1. The quantitative estimate of drug-likeness (QED) is 0.606. The number of nitrogens with zero attached hydrogens (tertiary/aromatic N) is 2. The molecule has 0 saturated carbocycles. The molecule has 1 aromatic heterocycles. The van der Waals surface area contributed by atoms with E-state index in [2.05, 4.69) is 25.8 Å². The van der Waals surface area contributed by atoms with Crippen molar-refractivity contribution in [1.29, 1.82) is 0 Å². The zero-order valence-electron chi connectivity index (χ0n) is 11.9. The van der Waals surface area contributed by atoms with Crippen molar-refractivity contribution in [3.8, 4) is 0 Å². The molecule has 2 heterocycles. The van der Waals surface area contributed by atoms with E-state index < -0.39 is 0 Å². The van der Waals surface area contributed by atoms with Crippen LogP contribution in [0.5, 0.6) is 0 Å². The summed E-state index contributed by atoms with van der Waals surface area (Å²) >= 11 is 0. The summed E-state index contributed by atoms with van der Waals surface area (Å²) in [5.41, 5.74) is -0.369. The van der Waals surface area contributed by atoms with Gasteiger partial charge in [0.15, 0.2) is 0 Å². The summed E-state index contributed by atoms with van der Waals surface area (Å²) in [4.78, 5) is 16.5. The number of aromatic nitrogens is 3. The van der Waals surface area contributed by atoms with Crippen molar-refractivity contribution in [3.05, 3.63) is 12.2 Å². The maximum atomic E-state index is 12.4. The van der Waals surface area contributed by atoms with Gasteiger partial charge in [0.05, 0.1) is 12.0 Å². The fourth-order valence-corrected chi connectivity index (χ4v) is 2.62. The fourth-order valence-electron chi connectivity index (χ4n) is 2.62. The summed E-state index contributed by atoms with van der Waals surface area (Å²) in [6.07, 6.45) is 4.79. The first-order valence-corrected chi connectivity index (χ1v) is 7.09. The van der Waals surface area contributed by atoms with E-state index in [9.17, 15) is 4.79 Å². The molecule has 0 radical (unpaired) electrons. The van der Waals surface area contributed by atoms with Gasteiger partial charge < -0.3 is 15.4 Å². The molecule has 7 nitrogen and oxygen atoms in total. The highest BCUT2D eigenvalue weighted by atomic mass is 16.5. The molecule has 3 N–H and O–H groups in total. The first-order valence-electron chi connectivity index (χ1n) is 7.09. The second-order valence-corrected chi connectivity index (χ2v) is 5.25. The van der Waals surface area contributed by atoms with Crippen LogP contribution in [0.3, 0.4) is 0 Å². The molecule has 0 atom stereocenters. The van der Waals surface area contributed by atoms with Crippen LogP contribution in [0, 0.1) is 5.41 Å². The smallest absolute Gasteiger partial charge is 0.228 e. The molecule has 2 rings (SSSR count). The second-order valence-electron chi connectivity index (χ2n) is 5.25. The highest BCUT2D eigenvalue weighted by Gasteiger charge is 2.39. The molecule has 1 aliphatic rings. The number of carbonyl (C=O) groups is 1. The lowest BCUT2D eigenvalue weighted by Gasteiger charge is -2.35. The first-order chi connectivity index (χ1) is 9.77. The van der Waals surface area contributed by atoms with E-state index in [-0.39, 0.29) is 11.3 Å². The van der Waals surface area contributed by atoms with Gasteiger partial charge in [-0.15, -0.1) is 0 Å². The number of nitrogens with one attached hydrogen (secondary N) is 3. The van der Waals surface area contributed by atoms with Crippen LogP contribution in [0.4, 0.5) is 0 Å². The predicted molar refractivity (Wildman–Crippen MR) is 74.1 cm³/mol. The first kappa shape index (κ1) is 14.9. The maximum Gasteiger partial charge on any atom is 0.228 e. The number of carbonyl (C=O) groups excluding carboxylic acids is 1. The third kappa shape index (κ3) is 3.77. The van der Waals surface area contributed by atoms with Gasteiger partial charge in [-0.3, -0.25) is 9.89 Å². The SMILES string of the molecule is COCC1(C(=O)NCCCc2ncn[nH]2)CCNCC1. The van der Waals surface area contributed by atoms with Crippen LogP contribution < -0.4 is 10.6 Å². The van der Waals surface area contributed by atoms with Gasteiger partial charge in [-0.2, -0.15) is 5.10 Å². The number of ether oxygens (including phenoxy) is 1. The Morgan fingerprint density at radius 3 is 2.95 bits per heavy atom.